The van der Waals surface area contributed by atoms with E-state index in [4.69, 9.17) is 4.74 Å². The minimum Gasteiger partial charge on any atom is -0.468 e. The molecule has 19 heavy (non-hydrogen) atoms. The van der Waals surface area contributed by atoms with Crippen LogP contribution in [0.4, 0.5) is 0 Å². The molecule has 1 aromatic heterocycles. The summed E-state index contributed by atoms with van der Waals surface area (Å²) < 4.78 is 4.84. The zero-order chi connectivity index (χ0) is 13.8. The predicted octanol–water partition coefficient (Wildman–Crippen LogP) is 2.08. The summed E-state index contributed by atoms with van der Waals surface area (Å²) in [6.45, 7) is 4.04. The largest absolute Gasteiger partial charge is 0.468 e. The van der Waals surface area contributed by atoms with E-state index in [9.17, 15) is 4.79 Å². The third kappa shape index (κ3) is 4.51. The summed E-state index contributed by atoms with van der Waals surface area (Å²) in [4.78, 5) is 16.2. The monoisotopic (exact) mass is 280 g/mol. The van der Waals surface area contributed by atoms with Gasteiger partial charge in [-0.15, -0.1) is 11.8 Å². The molecule has 0 saturated heterocycles. The van der Waals surface area contributed by atoms with Crippen molar-refractivity contribution < 1.29 is 9.53 Å². The highest BCUT2D eigenvalue weighted by Gasteiger charge is 2.29. The van der Waals surface area contributed by atoms with Crippen molar-refractivity contribution in [1.29, 1.82) is 0 Å². The molecule has 1 aliphatic carbocycles. The molecule has 1 N–H and O–H groups in total. The fourth-order valence-electron chi connectivity index (χ4n) is 1.91. The van der Waals surface area contributed by atoms with E-state index in [0.29, 0.717) is 11.8 Å². The van der Waals surface area contributed by atoms with Gasteiger partial charge < -0.3 is 10.1 Å². The second-order valence-electron chi connectivity index (χ2n) is 4.95. The van der Waals surface area contributed by atoms with E-state index in [2.05, 4.69) is 17.2 Å². The molecule has 2 rings (SSSR count). The van der Waals surface area contributed by atoms with Gasteiger partial charge in [0, 0.05) is 17.5 Å². The smallest absolute Gasteiger partial charge is 0.323 e. The lowest BCUT2D eigenvalue weighted by molar-refractivity contribution is -0.142. The van der Waals surface area contributed by atoms with Crippen LogP contribution < -0.4 is 5.32 Å². The summed E-state index contributed by atoms with van der Waals surface area (Å²) in [5.74, 6) is 0.461. The van der Waals surface area contributed by atoms with Crippen LogP contribution in [0.3, 0.4) is 0 Å². The van der Waals surface area contributed by atoms with Crippen LogP contribution in [-0.2, 0) is 9.53 Å². The van der Waals surface area contributed by atoms with Crippen LogP contribution in [0.5, 0.6) is 0 Å². The lowest BCUT2D eigenvalue weighted by Gasteiger charge is -2.15. The summed E-state index contributed by atoms with van der Waals surface area (Å²) in [5, 5.41) is 4.28. The third-order valence-corrected chi connectivity index (χ3v) is 3.98. The molecule has 0 bridgehead atoms. The number of esters is 1. The number of nitrogens with one attached hydrogen (secondary N) is 1. The first-order valence-corrected chi connectivity index (χ1v) is 7.49. The molecular weight excluding hydrogens is 260 g/mol. The Morgan fingerprint density at radius 2 is 2.26 bits per heavy atom. The number of hydrogen-bond donors (Lipinski definition) is 1. The quantitative estimate of drug-likeness (QED) is 0.639. The molecule has 0 spiro atoms. The zero-order valence-corrected chi connectivity index (χ0v) is 12.4. The van der Waals surface area contributed by atoms with E-state index in [-0.39, 0.29) is 12.0 Å². The summed E-state index contributed by atoms with van der Waals surface area (Å²) in [6.07, 6.45) is 2.31. The first kappa shape index (κ1) is 14.3. The van der Waals surface area contributed by atoms with Gasteiger partial charge in [-0.05, 0) is 44.4 Å². The molecule has 0 aliphatic heterocycles. The molecular formula is C14H20N2O2S. The molecule has 1 fully saturated rings. The number of pyridine rings is 1. The lowest BCUT2D eigenvalue weighted by atomic mass is 10.3. The summed E-state index contributed by atoms with van der Waals surface area (Å²) in [5.41, 5.74) is 2.20. The number of carbonyl (C=O) groups is 1. The maximum absolute atomic E-state index is 11.7. The van der Waals surface area contributed by atoms with Gasteiger partial charge in [-0.2, -0.15) is 0 Å². The van der Waals surface area contributed by atoms with Gasteiger partial charge in [-0.1, -0.05) is 0 Å². The van der Waals surface area contributed by atoms with Crippen LogP contribution in [0.15, 0.2) is 17.2 Å². The number of ether oxygens (including phenoxy) is 1. The van der Waals surface area contributed by atoms with Crippen LogP contribution in [0.2, 0.25) is 0 Å². The van der Waals surface area contributed by atoms with E-state index in [1.54, 1.807) is 11.8 Å². The first-order valence-electron chi connectivity index (χ1n) is 6.50. The van der Waals surface area contributed by atoms with Crippen molar-refractivity contribution in [2.75, 3.05) is 12.9 Å². The van der Waals surface area contributed by atoms with Crippen molar-refractivity contribution in [3.8, 4) is 0 Å². The molecule has 104 valence electrons. The normalized spacial score (nSPS) is 16.2. The van der Waals surface area contributed by atoms with Crippen LogP contribution in [0.25, 0.3) is 0 Å². The van der Waals surface area contributed by atoms with Gasteiger partial charge in [0.2, 0.25) is 0 Å². The molecule has 1 unspecified atom stereocenters. The molecule has 1 aliphatic rings. The standard InChI is InChI=1S/C14H20N2O2S/c1-9-6-10(2)15-13(7-9)19-8-12(14(17)18-3)16-11-4-5-11/h6-7,11-12,16H,4-5,8H2,1-3H3. The number of thioether (sulfide) groups is 1. The van der Waals surface area contributed by atoms with Crippen LogP contribution in [-0.4, -0.2) is 35.9 Å². The van der Waals surface area contributed by atoms with Gasteiger partial charge in [0.15, 0.2) is 0 Å². The second kappa shape index (κ2) is 6.39. The molecule has 1 saturated carbocycles. The van der Waals surface area contributed by atoms with Gasteiger partial charge in [0.05, 0.1) is 12.1 Å². The van der Waals surface area contributed by atoms with E-state index in [1.165, 1.54) is 12.7 Å². The summed E-state index contributed by atoms with van der Waals surface area (Å²) in [6, 6.07) is 4.33. The Balaban J connectivity index is 1.94. The Morgan fingerprint density at radius 3 is 2.84 bits per heavy atom. The molecule has 5 heteroatoms. The van der Waals surface area contributed by atoms with Gasteiger partial charge in [0.25, 0.3) is 0 Å². The molecule has 4 nitrogen and oxygen atoms in total. The van der Waals surface area contributed by atoms with E-state index < -0.39 is 0 Å². The Labute approximate surface area is 118 Å². The number of aromatic nitrogens is 1. The highest BCUT2D eigenvalue weighted by molar-refractivity contribution is 7.99. The Morgan fingerprint density at radius 1 is 1.53 bits per heavy atom. The van der Waals surface area contributed by atoms with Crippen molar-refractivity contribution in [1.82, 2.24) is 10.3 Å². The number of methoxy groups -OCH3 is 1. The minimum absolute atomic E-state index is 0.191. The average Bonchev–Trinajstić information content (AvgIpc) is 3.16. The van der Waals surface area contributed by atoms with Crippen LogP contribution >= 0.6 is 11.8 Å². The zero-order valence-electron chi connectivity index (χ0n) is 11.6. The average molecular weight is 280 g/mol. The minimum atomic E-state index is -0.245. The lowest BCUT2D eigenvalue weighted by Crippen LogP contribution is -2.41. The summed E-state index contributed by atoms with van der Waals surface area (Å²) in [7, 11) is 1.43. The van der Waals surface area contributed by atoms with Gasteiger partial charge in [-0.25, -0.2) is 4.98 Å². The van der Waals surface area contributed by atoms with Crippen molar-refractivity contribution in [3.63, 3.8) is 0 Å². The predicted molar refractivity (Wildman–Crippen MR) is 76.4 cm³/mol. The highest BCUT2D eigenvalue weighted by Crippen LogP contribution is 2.23. The molecule has 1 aromatic rings. The van der Waals surface area contributed by atoms with E-state index in [0.717, 1.165) is 23.6 Å². The Kier molecular flexibility index (Phi) is 4.82. The van der Waals surface area contributed by atoms with Gasteiger partial charge in [0.1, 0.15) is 6.04 Å². The van der Waals surface area contributed by atoms with Gasteiger partial charge in [-0.3, -0.25) is 4.79 Å². The molecule has 1 atom stereocenters. The highest BCUT2D eigenvalue weighted by atomic mass is 32.2. The third-order valence-electron chi connectivity index (χ3n) is 2.97. The molecule has 0 radical (unpaired) electrons. The second-order valence-corrected chi connectivity index (χ2v) is 5.99. The SMILES string of the molecule is COC(=O)C(CSc1cc(C)cc(C)n1)NC1CC1. The van der Waals surface area contributed by atoms with Crippen molar-refractivity contribution in [3.05, 3.63) is 23.4 Å². The first-order chi connectivity index (χ1) is 9.08. The number of carbonyl (C=O) groups excluding carboxylic acids is 1. The fourth-order valence-corrected chi connectivity index (χ4v) is 2.96. The number of hydrogen-bond acceptors (Lipinski definition) is 5. The van der Waals surface area contributed by atoms with Crippen molar-refractivity contribution in [2.24, 2.45) is 0 Å². The number of aryl methyl sites for hydroxylation is 2. The topological polar surface area (TPSA) is 51.2 Å². The number of nitrogens with zero attached hydrogens (tertiary/aromatic N) is 1. The fraction of sp³-hybridized carbons (Fsp3) is 0.571. The van der Waals surface area contributed by atoms with E-state index in [1.807, 2.05) is 19.1 Å². The van der Waals surface area contributed by atoms with Crippen LogP contribution in [0, 0.1) is 13.8 Å². The Bertz CT molecular complexity index is 441. The van der Waals surface area contributed by atoms with E-state index >= 15 is 0 Å². The van der Waals surface area contributed by atoms with Crippen LogP contribution in [0.1, 0.15) is 24.1 Å². The van der Waals surface area contributed by atoms with Crippen molar-refractivity contribution >= 4 is 17.7 Å². The maximum atomic E-state index is 11.7. The Hall–Kier alpha value is -1.07. The molecule has 0 aromatic carbocycles. The van der Waals surface area contributed by atoms with Gasteiger partial charge >= 0.3 is 5.97 Å². The summed E-state index contributed by atoms with van der Waals surface area (Å²) >= 11 is 1.60. The molecule has 1 heterocycles. The van der Waals surface area contributed by atoms with Crippen molar-refractivity contribution in [2.45, 2.75) is 43.8 Å². The maximum Gasteiger partial charge on any atom is 0.323 e. The molecule has 0 amide bonds. The number of rotatable bonds is 6.